The molecule has 0 aliphatic carbocycles. The maximum atomic E-state index is 5.58. The van der Waals surface area contributed by atoms with Crippen molar-refractivity contribution in [1.29, 1.82) is 0 Å². The van der Waals surface area contributed by atoms with Crippen molar-refractivity contribution >= 4 is 11.8 Å². The van der Waals surface area contributed by atoms with Crippen LogP contribution < -0.4 is 5.73 Å². The minimum atomic E-state index is 0.640. The third-order valence-corrected chi connectivity index (χ3v) is 3.49. The second kappa shape index (κ2) is 6.10. The van der Waals surface area contributed by atoms with Gasteiger partial charge >= 0.3 is 0 Å². The summed E-state index contributed by atoms with van der Waals surface area (Å²) in [6.07, 6.45) is 2.57. The van der Waals surface area contributed by atoms with Gasteiger partial charge in [-0.15, -0.1) is 11.8 Å². The topological polar surface area (TPSA) is 26.0 Å². The van der Waals surface area contributed by atoms with E-state index in [2.05, 4.69) is 32.0 Å². The van der Waals surface area contributed by atoms with E-state index in [-0.39, 0.29) is 0 Å². The fraction of sp³-hybridized carbons (Fsp3) is 0.500. The minimum absolute atomic E-state index is 0.640. The zero-order valence-electron chi connectivity index (χ0n) is 9.05. The number of unbranched alkanes of at least 4 members (excludes halogenated alkanes) is 1. The number of thioether (sulfide) groups is 1. The highest BCUT2D eigenvalue weighted by Gasteiger charge is 1.99. The Balaban J connectivity index is 2.59. The van der Waals surface area contributed by atoms with Gasteiger partial charge in [-0.05, 0) is 36.3 Å². The molecule has 0 amide bonds. The summed E-state index contributed by atoms with van der Waals surface area (Å²) >= 11 is 1.95. The van der Waals surface area contributed by atoms with Gasteiger partial charge in [-0.25, -0.2) is 0 Å². The summed E-state index contributed by atoms with van der Waals surface area (Å²) in [6.45, 7) is 5.03. The van der Waals surface area contributed by atoms with Crippen molar-refractivity contribution in [1.82, 2.24) is 0 Å². The summed E-state index contributed by atoms with van der Waals surface area (Å²) < 4.78 is 0. The zero-order valence-corrected chi connectivity index (χ0v) is 9.86. The van der Waals surface area contributed by atoms with Crippen LogP contribution in [0.2, 0.25) is 0 Å². The Hall–Kier alpha value is -0.470. The Labute approximate surface area is 91.1 Å². The highest BCUT2D eigenvalue weighted by atomic mass is 32.2. The molecule has 78 valence electrons. The second-order valence-electron chi connectivity index (χ2n) is 3.51. The molecule has 2 N–H and O–H groups in total. The molecule has 0 aliphatic heterocycles. The second-order valence-corrected chi connectivity index (χ2v) is 4.64. The Morgan fingerprint density at radius 3 is 2.71 bits per heavy atom. The lowest BCUT2D eigenvalue weighted by atomic mass is 10.1. The average molecular weight is 209 g/mol. The van der Waals surface area contributed by atoms with Crippen molar-refractivity contribution in [2.45, 2.75) is 38.1 Å². The molecule has 0 heterocycles. The summed E-state index contributed by atoms with van der Waals surface area (Å²) in [5, 5.41) is 0. The molecule has 0 radical (unpaired) electrons. The highest BCUT2D eigenvalue weighted by Crippen LogP contribution is 2.24. The van der Waals surface area contributed by atoms with E-state index in [1.165, 1.54) is 34.6 Å². The number of nitrogens with two attached hydrogens (primary N) is 1. The molecule has 0 fully saturated rings. The molecule has 2 heteroatoms. The lowest BCUT2D eigenvalue weighted by Gasteiger charge is -2.06. The lowest BCUT2D eigenvalue weighted by molar-refractivity contribution is 0.896. The zero-order chi connectivity index (χ0) is 10.4. The van der Waals surface area contributed by atoms with Crippen LogP contribution in [0.4, 0.5) is 0 Å². The molecule has 1 rings (SSSR count). The van der Waals surface area contributed by atoms with Crippen LogP contribution in [0.25, 0.3) is 0 Å². The number of hydrogen-bond acceptors (Lipinski definition) is 2. The van der Waals surface area contributed by atoms with E-state index in [1.807, 2.05) is 11.8 Å². The van der Waals surface area contributed by atoms with Gasteiger partial charge in [-0.1, -0.05) is 25.5 Å². The molecule has 0 spiro atoms. The van der Waals surface area contributed by atoms with E-state index in [0.29, 0.717) is 6.54 Å². The van der Waals surface area contributed by atoms with Crippen LogP contribution in [0.5, 0.6) is 0 Å². The van der Waals surface area contributed by atoms with Crippen LogP contribution in [-0.2, 0) is 6.54 Å². The van der Waals surface area contributed by atoms with Gasteiger partial charge in [-0.3, -0.25) is 0 Å². The van der Waals surface area contributed by atoms with E-state index in [0.717, 1.165) is 0 Å². The highest BCUT2D eigenvalue weighted by molar-refractivity contribution is 7.99. The van der Waals surface area contributed by atoms with Gasteiger partial charge in [0.25, 0.3) is 0 Å². The van der Waals surface area contributed by atoms with E-state index in [4.69, 9.17) is 5.73 Å². The van der Waals surface area contributed by atoms with Crippen molar-refractivity contribution in [3.8, 4) is 0 Å². The molecule has 1 aromatic carbocycles. The van der Waals surface area contributed by atoms with Crippen molar-refractivity contribution in [3.63, 3.8) is 0 Å². The van der Waals surface area contributed by atoms with Crippen LogP contribution in [0.1, 0.15) is 30.9 Å². The minimum Gasteiger partial charge on any atom is -0.326 e. The summed E-state index contributed by atoms with van der Waals surface area (Å²) in [7, 11) is 0. The first-order valence-corrected chi connectivity index (χ1v) is 6.19. The molecule has 0 saturated heterocycles. The number of benzene rings is 1. The lowest BCUT2D eigenvalue weighted by Crippen LogP contribution is -1.96. The van der Waals surface area contributed by atoms with Crippen molar-refractivity contribution in [3.05, 3.63) is 29.3 Å². The molecule has 1 nitrogen and oxygen atoms in total. The first kappa shape index (κ1) is 11.6. The van der Waals surface area contributed by atoms with Crippen LogP contribution in [-0.4, -0.2) is 5.75 Å². The predicted molar refractivity (Wildman–Crippen MR) is 64.7 cm³/mol. The monoisotopic (exact) mass is 209 g/mol. The van der Waals surface area contributed by atoms with Gasteiger partial charge in [0.2, 0.25) is 0 Å². The normalized spacial score (nSPS) is 10.5. The first-order valence-electron chi connectivity index (χ1n) is 5.20. The van der Waals surface area contributed by atoms with Gasteiger partial charge in [0.15, 0.2) is 0 Å². The molecular formula is C12H19NS. The Morgan fingerprint density at radius 1 is 1.36 bits per heavy atom. The molecular weight excluding hydrogens is 190 g/mol. The van der Waals surface area contributed by atoms with E-state index in [1.54, 1.807) is 0 Å². The molecule has 14 heavy (non-hydrogen) atoms. The average Bonchev–Trinajstić information content (AvgIpc) is 2.20. The van der Waals surface area contributed by atoms with Crippen LogP contribution in [0, 0.1) is 6.92 Å². The fourth-order valence-corrected chi connectivity index (χ4v) is 2.43. The SMILES string of the molecule is CCCCSc1ccc(CN)cc1C. The third kappa shape index (κ3) is 3.35. The fourth-order valence-electron chi connectivity index (χ4n) is 1.33. The molecule has 0 atom stereocenters. The van der Waals surface area contributed by atoms with Gasteiger partial charge < -0.3 is 5.73 Å². The molecule has 0 bridgehead atoms. The number of rotatable bonds is 5. The smallest absolute Gasteiger partial charge is 0.0178 e. The summed E-state index contributed by atoms with van der Waals surface area (Å²) in [4.78, 5) is 1.40. The maximum absolute atomic E-state index is 5.58. The largest absolute Gasteiger partial charge is 0.326 e. The van der Waals surface area contributed by atoms with Crippen molar-refractivity contribution in [2.24, 2.45) is 5.73 Å². The van der Waals surface area contributed by atoms with Crippen LogP contribution >= 0.6 is 11.8 Å². The third-order valence-electron chi connectivity index (χ3n) is 2.23. The van der Waals surface area contributed by atoms with Gasteiger partial charge in [0, 0.05) is 11.4 Å². The molecule has 0 saturated carbocycles. The molecule has 0 unspecified atom stereocenters. The molecule has 0 aromatic heterocycles. The molecule has 0 aliphatic rings. The van der Waals surface area contributed by atoms with Crippen molar-refractivity contribution in [2.75, 3.05) is 5.75 Å². The van der Waals surface area contributed by atoms with E-state index >= 15 is 0 Å². The van der Waals surface area contributed by atoms with E-state index in [9.17, 15) is 0 Å². The van der Waals surface area contributed by atoms with Crippen LogP contribution in [0.15, 0.2) is 23.1 Å². The summed E-state index contributed by atoms with van der Waals surface area (Å²) in [5.41, 5.74) is 8.16. The predicted octanol–water partition coefficient (Wildman–Crippen LogP) is 3.35. The Morgan fingerprint density at radius 2 is 2.14 bits per heavy atom. The van der Waals surface area contributed by atoms with Gasteiger partial charge in [0.1, 0.15) is 0 Å². The quantitative estimate of drug-likeness (QED) is 0.594. The van der Waals surface area contributed by atoms with Gasteiger partial charge in [0.05, 0.1) is 0 Å². The Bertz CT molecular complexity index is 284. The number of aryl methyl sites for hydroxylation is 1. The first-order chi connectivity index (χ1) is 6.77. The number of hydrogen-bond donors (Lipinski definition) is 1. The standard InChI is InChI=1S/C12H19NS/c1-3-4-7-14-12-6-5-11(9-13)8-10(12)2/h5-6,8H,3-4,7,9,13H2,1-2H3. The van der Waals surface area contributed by atoms with Crippen LogP contribution in [0.3, 0.4) is 0 Å². The summed E-state index contributed by atoms with van der Waals surface area (Å²) in [6, 6.07) is 6.51. The van der Waals surface area contributed by atoms with Crippen molar-refractivity contribution < 1.29 is 0 Å². The Kier molecular flexibility index (Phi) is 5.05. The maximum Gasteiger partial charge on any atom is 0.0178 e. The van der Waals surface area contributed by atoms with E-state index < -0.39 is 0 Å². The molecule has 1 aromatic rings. The van der Waals surface area contributed by atoms with Gasteiger partial charge in [-0.2, -0.15) is 0 Å². The summed E-state index contributed by atoms with van der Waals surface area (Å²) in [5.74, 6) is 1.22.